The highest BCUT2D eigenvalue weighted by Gasteiger charge is 2.36. The largest absolute Gasteiger partial charge is 0.497 e. The molecule has 4 aromatic rings. The van der Waals surface area contributed by atoms with Crippen LogP contribution in [0.1, 0.15) is 37.9 Å². The van der Waals surface area contributed by atoms with Crippen molar-refractivity contribution in [3.8, 4) is 11.5 Å². The predicted octanol–water partition coefficient (Wildman–Crippen LogP) is 3.60. The van der Waals surface area contributed by atoms with Gasteiger partial charge in [0, 0.05) is 41.3 Å². The van der Waals surface area contributed by atoms with Gasteiger partial charge < -0.3 is 19.4 Å². The third-order valence-corrected chi connectivity index (χ3v) is 7.92. The molecular formula is C29H30N4O4S. The Morgan fingerprint density at radius 1 is 1.16 bits per heavy atom. The minimum Gasteiger partial charge on any atom is -0.497 e. The Balaban J connectivity index is 1.79. The van der Waals surface area contributed by atoms with Gasteiger partial charge in [-0.25, -0.2) is 4.99 Å². The number of carbonyl (C=O) groups excluding carboxylic acids is 1. The fourth-order valence-electron chi connectivity index (χ4n) is 4.98. The number of nitrogens with one attached hydrogen (secondary N) is 1. The molecule has 0 spiro atoms. The van der Waals surface area contributed by atoms with Gasteiger partial charge in [0.15, 0.2) is 4.80 Å². The molecule has 196 valence electrons. The number of hydrogen-bond acceptors (Lipinski definition) is 6. The lowest BCUT2D eigenvalue weighted by molar-refractivity contribution is -0.127. The zero-order valence-corrected chi connectivity index (χ0v) is 22.9. The van der Waals surface area contributed by atoms with Crippen molar-refractivity contribution in [2.75, 3.05) is 27.3 Å². The van der Waals surface area contributed by atoms with Gasteiger partial charge in [0.1, 0.15) is 17.5 Å². The number of aromatic amines is 1. The summed E-state index contributed by atoms with van der Waals surface area (Å²) in [6.45, 7) is 6.79. The standard InChI is InChI=1S/C29H30N4O4S/c1-6-32(7-2)28(35)25-17(3)31-29-33(26(25)21-15-19(36-4)12-13-23(21)37-5)27(34)24(38-29)14-18-16-30-22-11-9-8-10-20(18)22/h8-16,26,30H,6-7H2,1-5H3. The van der Waals surface area contributed by atoms with Crippen molar-refractivity contribution in [2.45, 2.75) is 26.8 Å². The molecular weight excluding hydrogens is 500 g/mol. The number of rotatable bonds is 7. The Morgan fingerprint density at radius 2 is 1.92 bits per heavy atom. The molecule has 1 aliphatic heterocycles. The maximum Gasteiger partial charge on any atom is 0.271 e. The van der Waals surface area contributed by atoms with Crippen LogP contribution in [0.3, 0.4) is 0 Å². The van der Waals surface area contributed by atoms with Gasteiger partial charge in [0.05, 0.1) is 30.0 Å². The highest BCUT2D eigenvalue weighted by molar-refractivity contribution is 7.07. The van der Waals surface area contributed by atoms with Crippen molar-refractivity contribution < 1.29 is 14.3 Å². The van der Waals surface area contributed by atoms with Crippen molar-refractivity contribution in [1.29, 1.82) is 0 Å². The smallest absolute Gasteiger partial charge is 0.271 e. The van der Waals surface area contributed by atoms with E-state index in [0.29, 0.717) is 50.8 Å². The summed E-state index contributed by atoms with van der Waals surface area (Å²) in [5.41, 5.74) is 3.38. The molecule has 0 radical (unpaired) electrons. The second-order valence-electron chi connectivity index (χ2n) is 8.96. The molecule has 2 aromatic heterocycles. The summed E-state index contributed by atoms with van der Waals surface area (Å²) in [6.07, 6.45) is 3.78. The summed E-state index contributed by atoms with van der Waals surface area (Å²) in [4.78, 5) is 38.2. The van der Waals surface area contributed by atoms with E-state index in [2.05, 4.69) is 4.98 Å². The molecule has 2 aromatic carbocycles. The summed E-state index contributed by atoms with van der Waals surface area (Å²) in [7, 11) is 3.16. The highest BCUT2D eigenvalue weighted by atomic mass is 32.1. The van der Waals surface area contributed by atoms with E-state index in [1.807, 2.05) is 63.4 Å². The van der Waals surface area contributed by atoms with Crippen LogP contribution >= 0.6 is 11.3 Å². The first-order valence-corrected chi connectivity index (χ1v) is 13.3. The number of benzene rings is 2. The molecule has 5 rings (SSSR count). The van der Waals surface area contributed by atoms with Gasteiger partial charge in [-0.2, -0.15) is 0 Å². The first kappa shape index (κ1) is 25.5. The molecule has 1 amide bonds. The number of H-pyrrole nitrogens is 1. The molecule has 0 saturated carbocycles. The van der Waals surface area contributed by atoms with E-state index in [1.54, 1.807) is 35.8 Å². The number of aromatic nitrogens is 2. The van der Waals surface area contributed by atoms with Crippen LogP contribution in [0.2, 0.25) is 0 Å². The average molecular weight is 531 g/mol. The minimum atomic E-state index is -0.727. The van der Waals surface area contributed by atoms with E-state index in [0.717, 1.165) is 16.5 Å². The number of nitrogens with zero attached hydrogens (tertiary/aromatic N) is 3. The number of para-hydroxylation sites is 1. The molecule has 3 heterocycles. The van der Waals surface area contributed by atoms with E-state index < -0.39 is 6.04 Å². The summed E-state index contributed by atoms with van der Waals surface area (Å²) < 4.78 is 13.4. The van der Waals surface area contributed by atoms with Gasteiger partial charge >= 0.3 is 0 Å². The average Bonchev–Trinajstić information content (AvgIpc) is 3.48. The third kappa shape index (κ3) is 4.22. The maximum atomic E-state index is 14.0. The van der Waals surface area contributed by atoms with E-state index in [9.17, 15) is 9.59 Å². The molecule has 1 atom stereocenters. The topological polar surface area (TPSA) is 88.9 Å². The third-order valence-electron chi connectivity index (χ3n) is 6.94. The number of allylic oxidation sites excluding steroid dienone is 1. The van der Waals surface area contributed by atoms with Crippen LogP contribution in [0.15, 0.2) is 69.7 Å². The first-order chi connectivity index (χ1) is 18.4. The van der Waals surface area contributed by atoms with E-state index in [4.69, 9.17) is 14.5 Å². The van der Waals surface area contributed by atoms with Crippen LogP contribution in [-0.2, 0) is 4.79 Å². The number of likely N-dealkylation sites (N-methyl/N-ethyl adjacent to an activating group) is 1. The number of methoxy groups -OCH3 is 2. The number of thiazole rings is 1. The fourth-order valence-corrected chi connectivity index (χ4v) is 6.02. The zero-order valence-electron chi connectivity index (χ0n) is 22.1. The molecule has 8 nitrogen and oxygen atoms in total. The van der Waals surface area contributed by atoms with Crippen LogP contribution in [0.4, 0.5) is 0 Å². The number of fused-ring (bicyclic) bond motifs is 2. The Morgan fingerprint density at radius 3 is 2.63 bits per heavy atom. The lowest BCUT2D eigenvalue weighted by atomic mass is 9.93. The Kier molecular flexibility index (Phi) is 6.94. The summed E-state index contributed by atoms with van der Waals surface area (Å²) in [5.74, 6) is 1.00. The van der Waals surface area contributed by atoms with E-state index in [1.165, 1.54) is 11.3 Å². The lowest BCUT2D eigenvalue weighted by Gasteiger charge is -2.30. The molecule has 0 fully saturated rings. The normalized spacial score (nSPS) is 15.4. The van der Waals surface area contributed by atoms with E-state index in [-0.39, 0.29) is 11.5 Å². The SMILES string of the molecule is CCN(CC)C(=O)C1=C(C)N=c2sc(=Cc3c[nH]c4ccccc34)c(=O)n2C1c1cc(OC)ccc1OC. The van der Waals surface area contributed by atoms with Gasteiger partial charge in [-0.05, 0) is 51.1 Å². The van der Waals surface area contributed by atoms with Gasteiger partial charge in [0.2, 0.25) is 0 Å². The van der Waals surface area contributed by atoms with Crippen molar-refractivity contribution in [3.05, 3.63) is 90.7 Å². The second kappa shape index (κ2) is 10.3. The van der Waals surface area contributed by atoms with Crippen molar-refractivity contribution in [3.63, 3.8) is 0 Å². The van der Waals surface area contributed by atoms with Crippen molar-refractivity contribution in [2.24, 2.45) is 4.99 Å². The summed E-state index contributed by atoms with van der Waals surface area (Å²) in [5, 5.41) is 1.03. The van der Waals surface area contributed by atoms with Crippen LogP contribution in [0.25, 0.3) is 17.0 Å². The molecule has 1 unspecified atom stereocenters. The quantitative estimate of drug-likeness (QED) is 0.396. The summed E-state index contributed by atoms with van der Waals surface area (Å²) in [6, 6.07) is 12.6. The van der Waals surface area contributed by atoms with Gasteiger partial charge in [-0.15, -0.1) is 0 Å². The number of ether oxygens (including phenoxy) is 2. The number of carbonyl (C=O) groups is 1. The Bertz CT molecular complexity index is 1740. The molecule has 1 aliphatic rings. The van der Waals surface area contributed by atoms with Crippen LogP contribution in [-0.4, -0.2) is 47.7 Å². The highest BCUT2D eigenvalue weighted by Crippen LogP contribution is 2.38. The van der Waals surface area contributed by atoms with Gasteiger partial charge in [-0.3, -0.25) is 14.2 Å². The monoisotopic (exact) mass is 530 g/mol. The van der Waals surface area contributed by atoms with E-state index >= 15 is 0 Å². The molecule has 38 heavy (non-hydrogen) atoms. The lowest BCUT2D eigenvalue weighted by Crippen LogP contribution is -2.43. The van der Waals surface area contributed by atoms with Crippen molar-refractivity contribution >= 4 is 34.2 Å². The van der Waals surface area contributed by atoms with Crippen LogP contribution < -0.4 is 24.4 Å². The Labute approximate surface area is 224 Å². The number of amides is 1. The molecule has 0 saturated heterocycles. The zero-order chi connectivity index (χ0) is 27.0. The van der Waals surface area contributed by atoms with Crippen LogP contribution in [0, 0.1) is 0 Å². The predicted molar refractivity (Wildman–Crippen MR) is 150 cm³/mol. The van der Waals surface area contributed by atoms with Gasteiger partial charge in [0.25, 0.3) is 11.5 Å². The molecule has 1 N–H and O–H groups in total. The minimum absolute atomic E-state index is 0.156. The van der Waals surface area contributed by atoms with Gasteiger partial charge in [-0.1, -0.05) is 29.5 Å². The van der Waals surface area contributed by atoms with Crippen LogP contribution in [0.5, 0.6) is 11.5 Å². The second-order valence-corrected chi connectivity index (χ2v) is 9.97. The molecule has 0 bridgehead atoms. The Hall–Kier alpha value is -4.11. The molecule has 9 heteroatoms. The number of hydrogen-bond donors (Lipinski definition) is 1. The van der Waals surface area contributed by atoms with Crippen molar-refractivity contribution in [1.82, 2.24) is 14.5 Å². The first-order valence-electron chi connectivity index (χ1n) is 12.5. The maximum absolute atomic E-state index is 14.0. The molecule has 0 aliphatic carbocycles. The fraction of sp³-hybridized carbons (Fsp3) is 0.276. The summed E-state index contributed by atoms with van der Waals surface area (Å²) >= 11 is 1.31.